The Hall–Kier alpha value is -2.11. The van der Waals surface area contributed by atoms with Crippen LogP contribution in [0.25, 0.3) is 0 Å². The molecule has 1 rings (SSSR count). The number of benzene rings is 1. The molecule has 0 spiro atoms. The molecule has 0 aliphatic carbocycles. The molecule has 1 aromatic rings. The SMILES string of the molecule is CNc1ccc([N+](=O)[O-])cc1C(=O)N(C)CC(C)C. The van der Waals surface area contributed by atoms with E-state index >= 15 is 0 Å². The van der Waals surface area contributed by atoms with Gasteiger partial charge in [0.1, 0.15) is 0 Å². The van der Waals surface area contributed by atoms with Gasteiger partial charge in [0.05, 0.1) is 10.5 Å². The normalized spacial score (nSPS) is 10.4. The van der Waals surface area contributed by atoms with Crippen LogP contribution in [0.1, 0.15) is 24.2 Å². The largest absolute Gasteiger partial charge is 0.387 e. The molecular weight excluding hydrogens is 246 g/mol. The van der Waals surface area contributed by atoms with Gasteiger partial charge < -0.3 is 10.2 Å². The Balaban J connectivity index is 3.12. The Morgan fingerprint density at radius 3 is 2.58 bits per heavy atom. The average molecular weight is 265 g/mol. The molecule has 1 amide bonds. The minimum absolute atomic E-state index is 0.0831. The van der Waals surface area contributed by atoms with Crippen LogP contribution in [0.15, 0.2) is 18.2 Å². The summed E-state index contributed by atoms with van der Waals surface area (Å²) in [6.45, 7) is 4.62. The molecule has 0 aromatic heterocycles. The zero-order valence-corrected chi connectivity index (χ0v) is 11.6. The fourth-order valence-corrected chi connectivity index (χ4v) is 1.88. The van der Waals surface area contributed by atoms with E-state index in [2.05, 4.69) is 5.32 Å². The van der Waals surface area contributed by atoms with E-state index < -0.39 is 4.92 Å². The monoisotopic (exact) mass is 265 g/mol. The van der Waals surface area contributed by atoms with Crippen LogP contribution in [0.3, 0.4) is 0 Å². The van der Waals surface area contributed by atoms with Gasteiger partial charge >= 0.3 is 0 Å². The van der Waals surface area contributed by atoms with Crippen LogP contribution in [0, 0.1) is 16.0 Å². The molecule has 0 fully saturated rings. The summed E-state index contributed by atoms with van der Waals surface area (Å²) in [5.41, 5.74) is 0.825. The first-order valence-electron chi connectivity index (χ1n) is 6.08. The molecule has 1 aromatic carbocycles. The van der Waals surface area contributed by atoms with Gasteiger partial charge in [-0.25, -0.2) is 0 Å². The molecule has 0 saturated heterocycles. The zero-order chi connectivity index (χ0) is 14.6. The molecule has 6 heteroatoms. The maximum Gasteiger partial charge on any atom is 0.270 e. The minimum atomic E-state index is -0.501. The lowest BCUT2D eigenvalue weighted by Crippen LogP contribution is -2.30. The Morgan fingerprint density at radius 2 is 2.11 bits per heavy atom. The number of hydrogen-bond donors (Lipinski definition) is 1. The molecule has 0 saturated carbocycles. The second-order valence-electron chi connectivity index (χ2n) is 4.82. The van der Waals surface area contributed by atoms with Crippen molar-refractivity contribution in [1.29, 1.82) is 0 Å². The molecule has 104 valence electrons. The maximum atomic E-state index is 12.3. The van der Waals surface area contributed by atoms with Gasteiger partial charge in [-0.15, -0.1) is 0 Å². The van der Waals surface area contributed by atoms with E-state index in [1.165, 1.54) is 12.1 Å². The van der Waals surface area contributed by atoms with Gasteiger partial charge in [0.15, 0.2) is 0 Å². The van der Waals surface area contributed by atoms with Crippen LogP contribution in [0.5, 0.6) is 0 Å². The number of hydrogen-bond acceptors (Lipinski definition) is 4. The first-order chi connectivity index (χ1) is 8.86. The second-order valence-corrected chi connectivity index (χ2v) is 4.82. The fourth-order valence-electron chi connectivity index (χ4n) is 1.88. The van der Waals surface area contributed by atoms with E-state index in [-0.39, 0.29) is 11.6 Å². The number of nitrogens with one attached hydrogen (secondary N) is 1. The number of carbonyl (C=O) groups is 1. The minimum Gasteiger partial charge on any atom is -0.387 e. The highest BCUT2D eigenvalue weighted by molar-refractivity contribution is 6.00. The fraction of sp³-hybridized carbons (Fsp3) is 0.462. The third-order valence-electron chi connectivity index (χ3n) is 2.70. The topological polar surface area (TPSA) is 75.5 Å². The van der Waals surface area contributed by atoms with Gasteiger partial charge in [-0.3, -0.25) is 14.9 Å². The average Bonchev–Trinajstić information content (AvgIpc) is 2.36. The lowest BCUT2D eigenvalue weighted by Gasteiger charge is -2.20. The number of carbonyl (C=O) groups excluding carboxylic acids is 1. The van der Waals surface area contributed by atoms with Gasteiger partial charge in [-0.05, 0) is 12.0 Å². The molecule has 0 bridgehead atoms. The summed E-state index contributed by atoms with van der Waals surface area (Å²) in [6, 6.07) is 4.24. The van der Waals surface area contributed by atoms with E-state index in [1.54, 1.807) is 25.1 Å². The van der Waals surface area contributed by atoms with E-state index in [4.69, 9.17) is 0 Å². The van der Waals surface area contributed by atoms with Crippen LogP contribution in [0.4, 0.5) is 11.4 Å². The van der Waals surface area contributed by atoms with Crippen molar-refractivity contribution in [2.24, 2.45) is 5.92 Å². The van der Waals surface area contributed by atoms with Crippen LogP contribution in [-0.2, 0) is 0 Å². The standard InChI is InChI=1S/C13H19N3O3/c1-9(2)8-15(4)13(17)11-7-10(16(18)19)5-6-12(11)14-3/h5-7,9,14H,8H2,1-4H3. The third-order valence-corrected chi connectivity index (χ3v) is 2.70. The van der Waals surface area contributed by atoms with Gasteiger partial charge in [-0.2, -0.15) is 0 Å². The molecule has 0 radical (unpaired) electrons. The number of amides is 1. The Labute approximate surface area is 112 Å². The summed E-state index contributed by atoms with van der Waals surface area (Å²) in [4.78, 5) is 24.2. The molecule has 0 aliphatic rings. The number of non-ortho nitro benzene ring substituents is 1. The quantitative estimate of drug-likeness (QED) is 0.655. The van der Waals surface area contributed by atoms with Crippen molar-refractivity contribution >= 4 is 17.3 Å². The first kappa shape index (κ1) is 14.9. The lowest BCUT2D eigenvalue weighted by molar-refractivity contribution is -0.384. The number of nitro benzene ring substituents is 1. The molecule has 1 N–H and O–H groups in total. The summed E-state index contributed by atoms with van der Waals surface area (Å²) < 4.78 is 0. The van der Waals surface area contributed by atoms with Crippen molar-refractivity contribution in [3.63, 3.8) is 0 Å². The maximum absolute atomic E-state index is 12.3. The van der Waals surface area contributed by atoms with E-state index in [1.807, 2.05) is 13.8 Å². The van der Waals surface area contributed by atoms with E-state index in [9.17, 15) is 14.9 Å². The highest BCUT2D eigenvalue weighted by atomic mass is 16.6. The predicted molar refractivity (Wildman–Crippen MR) is 74.4 cm³/mol. The predicted octanol–water partition coefficient (Wildman–Crippen LogP) is 2.36. The van der Waals surface area contributed by atoms with Crippen LogP contribution in [-0.4, -0.2) is 36.4 Å². The molecule has 0 heterocycles. The van der Waals surface area contributed by atoms with Crippen molar-refractivity contribution in [3.05, 3.63) is 33.9 Å². The summed E-state index contributed by atoms with van der Waals surface area (Å²) in [7, 11) is 3.38. The number of rotatable bonds is 5. The Kier molecular flexibility index (Phi) is 4.86. The van der Waals surface area contributed by atoms with Crippen molar-refractivity contribution in [1.82, 2.24) is 4.90 Å². The number of anilines is 1. The van der Waals surface area contributed by atoms with Crippen molar-refractivity contribution in [2.75, 3.05) is 26.0 Å². The number of nitro groups is 1. The molecule has 19 heavy (non-hydrogen) atoms. The summed E-state index contributed by atoms with van der Waals surface area (Å²) in [5, 5.41) is 13.7. The molecule has 6 nitrogen and oxygen atoms in total. The van der Waals surface area contributed by atoms with Crippen LogP contribution >= 0.6 is 0 Å². The van der Waals surface area contributed by atoms with Crippen molar-refractivity contribution in [3.8, 4) is 0 Å². The van der Waals surface area contributed by atoms with Crippen LogP contribution in [0.2, 0.25) is 0 Å². The van der Waals surface area contributed by atoms with Crippen molar-refractivity contribution in [2.45, 2.75) is 13.8 Å². The Bertz CT molecular complexity index is 486. The summed E-state index contributed by atoms with van der Waals surface area (Å²) in [6.07, 6.45) is 0. The van der Waals surface area contributed by atoms with Crippen LogP contribution < -0.4 is 5.32 Å². The van der Waals surface area contributed by atoms with E-state index in [0.29, 0.717) is 23.7 Å². The highest BCUT2D eigenvalue weighted by Crippen LogP contribution is 2.23. The second kappa shape index (κ2) is 6.17. The molecule has 0 unspecified atom stereocenters. The smallest absolute Gasteiger partial charge is 0.270 e. The third kappa shape index (κ3) is 3.67. The van der Waals surface area contributed by atoms with Gasteiger partial charge in [0, 0.05) is 38.5 Å². The van der Waals surface area contributed by atoms with E-state index in [0.717, 1.165) is 0 Å². The zero-order valence-electron chi connectivity index (χ0n) is 11.6. The summed E-state index contributed by atoms with van der Waals surface area (Å²) in [5.74, 6) is 0.118. The lowest BCUT2D eigenvalue weighted by atomic mass is 10.1. The molecular formula is C13H19N3O3. The Morgan fingerprint density at radius 1 is 1.47 bits per heavy atom. The summed E-state index contributed by atoms with van der Waals surface area (Å²) >= 11 is 0. The molecule has 0 aliphatic heterocycles. The van der Waals surface area contributed by atoms with Gasteiger partial charge in [0.2, 0.25) is 0 Å². The first-order valence-corrected chi connectivity index (χ1v) is 6.08. The van der Waals surface area contributed by atoms with Crippen molar-refractivity contribution < 1.29 is 9.72 Å². The number of nitrogens with zero attached hydrogens (tertiary/aromatic N) is 2. The molecule has 0 atom stereocenters. The van der Waals surface area contributed by atoms with Gasteiger partial charge in [-0.1, -0.05) is 13.8 Å². The highest BCUT2D eigenvalue weighted by Gasteiger charge is 2.19. The van der Waals surface area contributed by atoms with Gasteiger partial charge in [0.25, 0.3) is 11.6 Å².